The molecule has 2 saturated heterocycles. The van der Waals surface area contributed by atoms with Gasteiger partial charge < -0.3 is 20.3 Å². The van der Waals surface area contributed by atoms with Crippen LogP contribution < -0.4 is 10.5 Å². The highest BCUT2D eigenvalue weighted by molar-refractivity contribution is 5.95. The summed E-state index contributed by atoms with van der Waals surface area (Å²) in [6.45, 7) is 1.32. The lowest BCUT2D eigenvalue weighted by atomic mass is 9.98. The summed E-state index contributed by atoms with van der Waals surface area (Å²) >= 11 is 0. The number of carbonyl (C=O) groups excluding carboxylic acids is 2. The van der Waals surface area contributed by atoms with Gasteiger partial charge in [-0.25, -0.2) is 4.39 Å². The Morgan fingerprint density at radius 3 is 2.56 bits per heavy atom. The number of carbonyl (C=O) groups is 2. The highest BCUT2D eigenvalue weighted by atomic mass is 35.5. The van der Waals surface area contributed by atoms with Gasteiger partial charge in [0.15, 0.2) is 0 Å². The fourth-order valence-electron chi connectivity index (χ4n) is 4.46. The minimum absolute atomic E-state index is 0. The molecule has 2 fully saturated rings. The number of halogens is 2. The van der Waals surface area contributed by atoms with Gasteiger partial charge in [0.2, 0.25) is 5.91 Å². The average Bonchev–Trinajstić information content (AvgIpc) is 2.95. The summed E-state index contributed by atoms with van der Waals surface area (Å²) in [5.41, 5.74) is 6.65. The second-order valence-corrected chi connectivity index (χ2v) is 8.37. The van der Waals surface area contributed by atoms with Crippen LogP contribution in [0.1, 0.15) is 35.2 Å². The molecule has 2 aliphatic heterocycles. The molecule has 0 saturated carbocycles. The number of ether oxygens (including phenoxy) is 1. The van der Waals surface area contributed by atoms with E-state index in [1.807, 2.05) is 24.3 Å². The van der Waals surface area contributed by atoms with Crippen LogP contribution in [-0.4, -0.2) is 54.3 Å². The topological polar surface area (TPSA) is 75.9 Å². The molecule has 0 radical (unpaired) electrons. The Labute approximate surface area is 193 Å². The summed E-state index contributed by atoms with van der Waals surface area (Å²) in [5, 5.41) is 0. The highest BCUT2D eigenvalue weighted by Gasteiger charge is 2.38. The van der Waals surface area contributed by atoms with Gasteiger partial charge in [-0.05, 0) is 61.7 Å². The van der Waals surface area contributed by atoms with Gasteiger partial charge >= 0.3 is 0 Å². The average molecular weight is 462 g/mol. The number of rotatable bonds is 5. The first-order chi connectivity index (χ1) is 15.0. The highest BCUT2D eigenvalue weighted by Crippen LogP contribution is 2.29. The van der Waals surface area contributed by atoms with Gasteiger partial charge in [0.25, 0.3) is 5.91 Å². The van der Waals surface area contributed by atoms with Crippen molar-refractivity contribution in [2.24, 2.45) is 11.7 Å². The third-order valence-corrected chi connectivity index (χ3v) is 6.25. The van der Waals surface area contributed by atoms with Crippen LogP contribution in [0.5, 0.6) is 11.5 Å². The lowest BCUT2D eigenvalue weighted by molar-refractivity contribution is -0.134. The molecule has 2 N–H and O–H groups in total. The van der Waals surface area contributed by atoms with E-state index in [2.05, 4.69) is 0 Å². The fourth-order valence-corrected chi connectivity index (χ4v) is 4.46. The largest absolute Gasteiger partial charge is 0.457 e. The Kier molecular flexibility index (Phi) is 7.74. The van der Waals surface area contributed by atoms with Crippen molar-refractivity contribution in [3.05, 3.63) is 59.4 Å². The fraction of sp³-hybridized carbons (Fsp3) is 0.417. The lowest BCUT2D eigenvalue weighted by Gasteiger charge is -2.29. The maximum Gasteiger partial charge on any atom is 0.257 e. The lowest BCUT2D eigenvalue weighted by Crippen LogP contribution is -2.42. The van der Waals surface area contributed by atoms with E-state index in [1.165, 1.54) is 18.2 Å². The standard InChI is InChI=1S/C24H28FN3O3.ClH/c1-27-18-4-2-3-17(23(27)29)14-28(15-18)24(30)21-13-20(9-10-22(21)25)31-19-7-5-16(6-8-19)11-12-26;/h5-10,13,17-18H,2-4,11-12,14-15,26H2,1H3;1H/t17-,18+;/m1./s1. The molecule has 172 valence electrons. The van der Waals surface area contributed by atoms with Crippen LogP contribution in [0.2, 0.25) is 0 Å². The van der Waals surface area contributed by atoms with Crippen molar-refractivity contribution in [2.75, 3.05) is 26.7 Å². The van der Waals surface area contributed by atoms with Gasteiger partial charge in [-0.2, -0.15) is 0 Å². The predicted octanol–water partition coefficient (Wildman–Crippen LogP) is 3.62. The van der Waals surface area contributed by atoms with Crippen LogP contribution in [0.3, 0.4) is 0 Å². The van der Waals surface area contributed by atoms with Crippen molar-refractivity contribution in [3.63, 3.8) is 0 Å². The quantitative estimate of drug-likeness (QED) is 0.737. The van der Waals surface area contributed by atoms with Crippen molar-refractivity contribution in [2.45, 2.75) is 31.7 Å². The minimum Gasteiger partial charge on any atom is -0.457 e. The molecule has 2 aromatic carbocycles. The zero-order valence-corrected chi connectivity index (χ0v) is 18.9. The number of hydrogen-bond acceptors (Lipinski definition) is 4. The molecule has 2 heterocycles. The number of likely N-dealkylation sites (tertiary alicyclic amines) is 1. The summed E-state index contributed by atoms with van der Waals surface area (Å²) in [6.07, 6.45) is 3.36. The van der Waals surface area contributed by atoms with Crippen LogP contribution in [0.4, 0.5) is 4.39 Å². The van der Waals surface area contributed by atoms with E-state index in [9.17, 15) is 14.0 Å². The Balaban J connectivity index is 0.00000289. The molecule has 2 aromatic rings. The summed E-state index contributed by atoms with van der Waals surface area (Å²) < 4.78 is 20.5. The second-order valence-electron chi connectivity index (χ2n) is 8.37. The Bertz CT molecular complexity index is 969. The normalized spacial score (nSPS) is 20.4. The van der Waals surface area contributed by atoms with Gasteiger partial charge in [-0.15, -0.1) is 12.4 Å². The SMILES string of the molecule is CN1C(=O)[C@@H]2CCC[C@H]1CN(C(=O)c1cc(Oc3ccc(CCN)cc3)ccc1F)C2.Cl. The zero-order chi connectivity index (χ0) is 22.0. The Morgan fingerprint density at radius 2 is 1.84 bits per heavy atom. The first kappa shape index (κ1) is 24.0. The molecular formula is C24H29ClFN3O3. The van der Waals surface area contributed by atoms with E-state index in [1.54, 1.807) is 16.8 Å². The molecule has 6 nitrogen and oxygen atoms in total. The first-order valence-corrected chi connectivity index (χ1v) is 10.8. The van der Waals surface area contributed by atoms with Gasteiger partial charge in [0, 0.05) is 26.2 Å². The van der Waals surface area contributed by atoms with E-state index in [4.69, 9.17) is 10.5 Å². The zero-order valence-electron chi connectivity index (χ0n) is 18.1. The molecule has 2 aliphatic rings. The molecule has 0 unspecified atom stereocenters. The second kappa shape index (κ2) is 10.3. The summed E-state index contributed by atoms with van der Waals surface area (Å²) in [7, 11) is 1.80. The molecule has 2 atom stereocenters. The summed E-state index contributed by atoms with van der Waals surface area (Å²) in [5.74, 6) is -0.155. The summed E-state index contributed by atoms with van der Waals surface area (Å²) in [4.78, 5) is 29.2. The van der Waals surface area contributed by atoms with E-state index >= 15 is 0 Å². The maximum absolute atomic E-state index is 14.6. The number of fused-ring (bicyclic) bond motifs is 3. The van der Waals surface area contributed by atoms with Crippen LogP contribution >= 0.6 is 12.4 Å². The van der Waals surface area contributed by atoms with Crippen LogP contribution in [0, 0.1) is 11.7 Å². The molecule has 8 heteroatoms. The van der Waals surface area contributed by atoms with Gasteiger partial charge in [-0.1, -0.05) is 18.6 Å². The summed E-state index contributed by atoms with van der Waals surface area (Å²) in [6, 6.07) is 11.7. The van der Waals surface area contributed by atoms with Crippen LogP contribution in [0.15, 0.2) is 42.5 Å². The van der Waals surface area contributed by atoms with E-state index in [0.29, 0.717) is 31.1 Å². The third kappa shape index (κ3) is 5.05. The van der Waals surface area contributed by atoms with Crippen molar-refractivity contribution < 1.29 is 18.7 Å². The molecule has 0 aliphatic carbocycles. The van der Waals surface area contributed by atoms with Crippen molar-refractivity contribution in [3.8, 4) is 11.5 Å². The number of likely N-dealkylation sites (N-methyl/N-ethyl adjacent to an activating group) is 1. The van der Waals surface area contributed by atoms with Crippen molar-refractivity contribution in [1.29, 1.82) is 0 Å². The van der Waals surface area contributed by atoms with Gasteiger partial charge in [0.1, 0.15) is 17.3 Å². The molecule has 2 bridgehead atoms. The molecule has 0 aromatic heterocycles. The van der Waals surface area contributed by atoms with Crippen LogP contribution in [-0.2, 0) is 11.2 Å². The van der Waals surface area contributed by atoms with E-state index in [-0.39, 0.29) is 35.8 Å². The van der Waals surface area contributed by atoms with Gasteiger partial charge in [0.05, 0.1) is 11.5 Å². The number of nitrogens with zero attached hydrogens (tertiary/aromatic N) is 2. The Morgan fingerprint density at radius 1 is 1.12 bits per heavy atom. The number of nitrogens with two attached hydrogens (primary N) is 1. The van der Waals surface area contributed by atoms with Gasteiger partial charge in [-0.3, -0.25) is 9.59 Å². The van der Waals surface area contributed by atoms with Crippen molar-refractivity contribution in [1.82, 2.24) is 9.80 Å². The third-order valence-electron chi connectivity index (χ3n) is 6.25. The first-order valence-electron chi connectivity index (χ1n) is 10.8. The molecular weight excluding hydrogens is 433 g/mol. The molecule has 4 rings (SSSR count). The minimum atomic E-state index is -0.593. The Hall–Kier alpha value is -2.64. The monoisotopic (exact) mass is 461 g/mol. The van der Waals surface area contributed by atoms with Crippen LogP contribution in [0.25, 0.3) is 0 Å². The number of amides is 2. The molecule has 32 heavy (non-hydrogen) atoms. The number of hydrogen-bond donors (Lipinski definition) is 1. The van der Waals surface area contributed by atoms with E-state index < -0.39 is 11.7 Å². The molecule has 0 spiro atoms. The number of benzene rings is 2. The predicted molar refractivity (Wildman–Crippen MR) is 123 cm³/mol. The van der Waals surface area contributed by atoms with Crippen molar-refractivity contribution >= 4 is 24.2 Å². The maximum atomic E-state index is 14.6. The smallest absolute Gasteiger partial charge is 0.257 e. The van der Waals surface area contributed by atoms with E-state index in [0.717, 1.165) is 31.2 Å². The molecule has 2 amide bonds.